The number of nitrogens with one attached hydrogen (secondary N) is 1. The lowest BCUT2D eigenvalue weighted by molar-refractivity contribution is -0.125. The number of nitrogens with zero attached hydrogens (tertiary/aromatic N) is 1. The molecule has 0 radical (unpaired) electrons. The number of carbonyl (C=O) groups excluding carboxylic acids is 1. The van der Waals surface area contributed by atoms with E-state index in [0.29, 0.717) is 0 Å². The number of carbonyl (C=O) groups is 1. The molecule has 1 unspecified atom stereocenters. The van der Waals surface area contributed by atoms with Crippen molar-refractivity contribution >= 4 is 16.8 Å². The SMILES string of the molecule is COCC(C(=O)NN)n1cc(C)c2ccccc21. The summed E-state index contributed by atoms with van der Waals surface area (Å²) in [5, 5.41) is 1.13. The highest BCUT2D eigenvalue weighted by atomic mass is 16.5. The van der Waals surface area contributed by atoms with E-state index in [1.165, 1.54) is 0 Å². The van der Waals surface area contributed by atoms with Crippen LogP contribution in [0.15, 0.2) is 30.5 Å². The molecule has 0 aliphatic heterocycles. The number of methoxy groups -OCH3 is 1. The first kappa shape index (κ1) is 12.6. The van der Waals surface area contributed by atoms with Crippen molar-refractivity contribution in [3.63, 3.8) is 0 Å². The highest BCUT2D eigenvalue weighted by Crippen LogP contribution is 2.24. The van der Waals surface area contributed by atoms with Gasteiger partial charge in [-0.25, -0.2) is 5.84 Å². The number of nitrogens with two attached hydrogens (primary N) is 1. The maximum absolute atomic E-state index is 11.8. The Labute approximate surface area is 105 Å². The van der Waals surface area contributed by atoms with Crippen LogP contribution in [0, 0.1) is 6.92 Å². The van der Waals surface area contributed by atoms with E-state index in [2.05, 4.69) is 5.43 Å². The van der Waals surface area contributed by atoms with E-state index in [0.717, 1.165) is 16.5 Å². The minimum atomic E-state index is -0.460. The second-order valence-corrected chi connectivity index (χ2v) is 4.22. The zero-order chi connectivity index (χ0) is 13.1. The summed E-state index contributed by atoms with van der Waals surface area (Å²) in [5.74, 6) is 4.96. The number of aryl methyl sites for hydroxylation is 1. The summed E-state index contributed by atoms with van der Waals surface area (Å²) in [4.78, 5) is 11.8. The minimum Gasteiger partial charge on any atom is -0.382 e. The fraction of sp³-hybridized carbons (Fsp3) is 0.308. The molecule has 0 aliphatic rings. The van der Waals surface area contributed by atoms with Gasteiger partial charge in [0.15, 0.2) is 0 Å². The Morgan fingerprint density at radius 1 is 1.50 bits per heavy atom. The van der Waals surface area contributed by atoms with Crippen molar-refractivity contribution in [2.45, 2.75) is 13.0 Å². The fourth-order valence-electron chi connectivity index (χ4n) is 2.17. The summed E-state index contributed by atoms with van der Waals surface area (Å²) in [6.45, 7) is 2.30. The van der Waals surface area contributed by atoms with Crippen LogP contribution in [0.2, 0.25) is 0 Å². The van der Waals surface area contributed by atoms with Crippen molar-refractivity contribution in [3.05, 3.63) is 36.0 Å². The number of hydrogen-bond donors (Lipinski definition) is 2. The van der Waals surface area contributed by atoms with Gasteiger partial charge in [-0.2, -0.15) is 0 Å². The molecule has 0 bridgehead atoms. The molecule has 5 nitrogen and oxygen atoms in total. The van der Waals surface area contributed by atoms with Gasteiger partial charge < -0.3 is 9.30 Å². The summed E-state index contributed by atoms with van der Waals surface area (Å²) in [6.07, 6.45) is 1.95. The van der Waals surface area contributed by atoms with E-state index in [4.69, 9.17) is 10.6 Å². The smallest absolute Gasteiger partial charge is 0.259 e. The molecule has 96 valence electrons. The van der Waals surface area contributed by atoms with Crippen LogP contribution in [0.1, 0.15) is 11.6 Å². The Balaban J connectivity index is 2.53. The van der Waals surface area contributed by atoms with E-state index >= 15 is 0 Å². The molecule has 1 amide bonds. The number of ether oxygens (including phenoxy) is 1. The zero-order valence-electron chi connectivity index (χ0n) is 10.5. The number of para-hydroxylation sites is 1. The normalized spacial score (nSPS) is 12.6. The third kappa shape index (κ3) is 2.10. The Morgan fingerprint density at radius 2 is 2.22 bits per heavy atom. The molecule has 1 aromatic carbocycles. The molecule has 0 spiro atoms. The first-order valence-electron chi connectivity index (χ1n) is 5.74. The largest absolute Gasteiger partial charge is 0.382 e. The molecule has 5 heteroatoms. The highest BCUT2D eigenvalue weighted by molar-refractivity contribution is 5.87. The molecule has 2 rings (SSSR count). The van der Waals surface area contributed by atoms with E-state index in [9.17, 15) is 4.79 Å². The molecule has 2 aromatic rings. The van der Waals surface area contributed by atoms with E-state index in [1.54, 1.807) is 7.11 Å². The molecule has 0 saturated heterocycles. The lowest BCUT2D eigenvalue weighted by atomic mass is 10.2. The third-order valence-electron chi connectivity index (χ3n) is 3.05. The summed E-state index contributed by atoms with van der Waals surface area (Å²) < 4.78 is 7.00. The predicted molar refractivity (Wildman–Crippen MR) is 69.9 cm³/mol. The van der Waals surface area contributed by atoms with Crippen molar-refractivity contribution < 1.29 is 9.53 Å². The second kappa shape index (κ2) is 5.20. The standard InChI is InChI=1S/C13H17N3O2/c1-9-7-16(11-6-4-3-5-10(9)11)12(8-18-2)13(17)15-14/h3-7,12H,8,14H2,1-2H3,(H,15,17). The molecule has 18 heavy (non-hydrogen) atoms. The van der Waals surface area contributed by atoms with Crippen molar-refractivity contribution in [2.24, 2.45) is 5.84 Å². The van der Waals surface area contributed by atoms with Crippen LogP contribution >= 0.6 is 0 Å². The Morgan fingerprint density at radius 3 is 2.89 bits per heavy atom. The minimum absolute atomic E-state index is 0.266. The number of hydrogen-bond acceptors (Lipinski definition) is 3. The lowest BCUT2D eigenvalue weighted by Crippen LogP contribution is -2.38. The number of fused-ring (bicyclic) bond motifs is 1. The zero-order valence-corrected chi connectivity index (χ0v) is 10.5. The Bertz CT molecular complexity index is 562. The number of aromatic nitrogens is 1. The van der Waals surface area contributed by atoms with E-state index < -0.39 is 6.04 Å². The fourth-order valence-corrected chi connectivity index (χ4v) is 2.17. The molecule has 0 aliphatic carbocycles. The van der Waals surface area contributed by atoms with Crippen LogP contribution < -0.4 is 11.3 Å². The van der Waals surface area contributed by atoms with Crippen molar-refractivity contribution in [1.82, 2.24) is 9.99 Å². The predicted octanol–water partition coefficient (Wildman–Crippen LogP) is 1.13. The van der Waals surface area contributed by atoms with Crippen LogP contribution in [0.25, 0.3) is 10.9 Å². The van der Waals surface area contributed by atoms with Gasteiger partial charge in [0.25, 0.3) is 5.91 Å². The van der Waals surface area contributed by atoms with Crippen LogP contribution in [0.3, 0.4) is 0 Å². The van der Waals surface area contributed by atoms with Crippen LogP contribution in [-0.4, -0.2) is 24.2 Å². The first-order valence-corrected chi connectivity index (χ1v) is 5.74. The monoisotopic (exact) mass is 247 g/mol. The van der Waals surface area contributed by atoms with Gasteiger partial charge >= 0.3 is 0 Å². The number of amides is 1. The van der Waals surface area contributed by atoms with Crippen LogP contribution in [-0.2, 0) is 9.53 Å². The van der Waals surface area contributed by atoms with Gasteiger partial charge in [0.1, 0.15) is 6.04 Å². The molecule has 1 aromatic heterocycles. The molecule has 0 saturated carbocycles. The maximum atomic E-state index is 11.8. The quantitative estimate of drug-likeness (QED) is 0.483. The van der Waals surface area contributed by atoms with E-state index in [-0.39, 0.29) is 12.5 Å². The summed E-state index contributed by atoms with van der Waals surface area (Å²) in [5.41, 5.74) is 4.30. The summed E-state index contributed by atoms with van der Waals surface area (Å²) in [7, 11) is 1.56. The molecule has 1 atom stereocenters. The number of benzene rings is 1. The number of rotatable bonds is 4. The van der Waals surface area contributed by atoms with Gasteiger partial charge in [0.05, 0.1) is 6.61 Å². The van der Waals surface area contributed by atoms with Gasteiger partial charge in [-0.3, -0.25) is 10.2 Å². The average molecular weight is 247 g/mol. The van der Waals surface area contributed by atoms with Crippen LogP contribution in [0.4, 0.5) is 0 Å². The van der Waals surface area contributed by atoms with Gasteiger partial charge in [-0.15, -0.1) is 0 Å². The topological polar surface area (TPSA) is 69.3 Å². The van der Waals surface area contributed by atoms with Crippen molar-refractivity contribution in [2.75, 3.05) is 13.7 Å². The molecular weight excluding hydrogens is 230 g/mol. The Hall–Kier alpha value is -1.85. The molecule has 0 fully saturated rings. The summed E-state index contributed by atoms with van der Waals surface area (Å²) in [6, 6.07) is 7.48. The van der Waals surface area contributed by atoms with Crippen molar-refractivity contribution in [3.8, 4) is 0 Å². The summed E-state index contributed by atoms with van der Waals surface area (Å²) >= 11 is 0. The Kier molecular flexibility index (Phi) is 3.64. The first-order chi connectivity index (χ1) is 8.69. The van der Waals surface area contributed by atoms with Crippen molar-refractivity contribution in [1.29, 1.82) is 0 Å². The maximum Gasteiger partial charge on any atom is 0.259 e. The van der Waals surface area contributed by atoms with Gasteiger partial charge in [-0.05, 0) is 18.6 Å². The second-order valence-electron chi connectivity index (χ2n) is 4.22. The molecule has 1 heterocycles. The van der Waals surface area contributed by atoms with Gasteiger partial charge in [-0.1, -0.05) is 18.2 Å². The average Bonchev–Trinajstić information content (AvgIpc) is 2.73. The molecule has 3 N–H and O–H groups in total. The van der Waals surface area contributed by atoms with Gasteiger partial charge in [0.2, 0.25) is 0 Å². The van der Waals surface area contributed by atoms with Gasteiger partial charge in [0, 0.05) is 24.2 Å². The highest BCUT2D eigenvalue weighted by Gasteiger charge is 2.21. The lowest BCUT2D eigenvalue weighted by Gasteiger charge is -2.17. The van der Waals surface area contributed by atoms with E-state index in [1.807, 2.05) is 42.0 Å². The van der Waals surface area contributed by atoms with Crippen LogP contribution in [0.5, 0.6) is 0 Å². The molecular formula is C13H17N3O2. The number of hydrazine groups is 1. The third-order valence-corrected chi connectivity index (χ3v) is 3.05.